The van der Waals surface area contributed by atoms with E-state index < -0.39 is 51.6 Å². The number of alkyl halides is 12. The van der Waals surface area contributed by atoms with E-state index in [0.717, 1.165) is 7.11 Å². The van der Waals surface area contributed by atoms with Gasteiger partial charge in [-0.2, -0.15) is 17.6 Å². The Hall–Kier alpha value is -0.960. The molecule has 0 unspecified atom stereocenters. The first-order valence-electron chi connectivity index (χ1n) is 6.16. The number of halogens is 12. The Morgan fingerprint density at radius 1 is 0.514 bits per heavy atom. The molecule has 15 heteroatoms. The largest absolute Gasteiger partial charge is 0.424 e. The Bertz CT molecular complexity index is 276. The maximum atomic E-state index is 11.8. The van der Waals surface area contributed by atoms with Gasteiger partial charge in [0.15, 0.2) is 27.1 Å². The fraction of sp³-hybridized carbons (Fsp3) is 1.00. The van der Waals surface area contributed by atoms with E-state index in [1.54, 1.807) is 0 Å². The molecule has 0 atom stereocenters. The van der Waals surface area contributed by atoms with Crippen molar-refractivity contribution in [2.75, 3.05) is 62.3 Å². The van der Waals surface area contributed by atoms with Gasteiger partial charge in [0.2, 0.25) is 0 Å². The average molecular weight is 571 g/mol. The number of hydrogen-bond acceptors (Lipinski definition) is 3. The van der Waals surface area contributed by atoms with Gasteiger partial charge in [-0.25, -0.2) is 26.3 Å². The highest BCUT2D eigenvalue weighted by atomic mass is 19.3. The smallest absolute Gasteiger partial charge is 0.378 e. The summed E-state index contributed by atoms with van der Waals surface area (Å²) in [5, 5.41) is 0. The minimum Gasteiger partial charge on any atom is -0.378 e. The van der Waals surface area contributed by atoms with Crippen LogP contribution in [0.5, 0.6) is 0 Å². The van der Waals surface area contributed by atoms with Crippen LogP contribution in [0, 0.1) is 0 Å². The lowest BCUT2D eigenvalue weighted by Gasteiger charge is -2.21. The van der Waals surface area contributed by atoms with Crippen molar-refractivity contribution in [2.24, 2.45) is 0 Å². The molecular formula is C20H54F12O3. The van der Waals surface area contributed by atoms with Gasteiger partial charge in [-0.05, 0) is 0 Å². The molecule has 0 saturated carbocycles. The normalized spacial score (nSPS) is 8.23. The maximum absolute atomic E-state index is 11.8. The standard InChI is InChI=1S/C4H4F6O.C4H7F3O.C2H5FO.2CH3F.8CH4/c5-1-3(7,8)4(9,10)11-2-6;1-8-3-4(6,7)2-5;1-4-2-3;2*1-2;;;;;;;;/h1-2H2;2-3H2,1H3;2H2,1H3;2*1H3;8*1H4. The minimum atomic E-state index is -5.09. The van der Waals surface area contributed by atoms with Crippen molar-refractivity contribution in [3.8, 4) is 0 Å². The quantitative estimate of drug-likeness (QED) is 0.272. The van der Waals surface area contributed by atoms with Crippen LogP contribution < -0.4 is 0 Å². The lowest BCUT2D eigenvalue weighted by molar-refractivity contribution is -0.358. The highest BCUT2D eigenvalue weighted by Crippen LogP contribution is 2.35. The van der Waals surface area contributed by atoms with Crippen LogP contribution in [-0.4, -0.2) is 80.2 Å². The fourth-order valence-electron chi connectivity index (χ4n) is 0.502. The Labute approximate surface area is 207 Å². The molecule has 0 heterocycles. The molecule has 0 fully saturated rings. The zero-order valence-electron chi connectivity index (χ0n) is 14.8. The number of ether oxygens (including phenoxy) is 3. The second-order valence-electron chi connectivity index (χ2n) is 3.43. The summed E-state index contributed by atoms with van der Waals surface area (Å²) in [7, 11) is 3.41. The molecule has 0 aliphatic heterocycles. The van der Waals surface area contributed by atoms with Crippen LogP contribution in [0.15, 0.2) is 0 Å². The zero-order valence-corrected chi connectivity index (χ0v) is 14.8. The van der Waals surface area contributed by atoms with E-state index in [0.29, 0.717) is 14.4 Å². The van der Waals surface area contributed by atoms with Crippen LogP contribution in [0.3, 0.4) is 0 Å². The molecule has 0 saturated heterocycles. The van der Waals surface area contributed by atoms with Gasteiger partial charge in [0, 0.05) is 14.2 Å². The van der Waals surface area contributed by atoms with E-state index in [-0.39, 0.29) is 59.4 Å². The fourth-order valence-corrected chi connectivity index (χ4v) is 0.502. The molecule has 0 rings (SSSR count). The summed E-state index contributed by atoms with van der Waals surface area (Å²) in [6.45, 7) is -7.87. The summed E-state index contributed by atoms with van der Waals surface area (Å²) in [5.41, 5.74) is 0. The van der Waals surface area contributed by atoms with E-state index in [4.69, 9.17) is 0 Å². The van der Waals surface area contributed by atoms with E-state index in [1.165, 1.54) is 7.11 Å². The van der Waals surface area contributed by atoms with Gasteiger partial charge in [-0.15, -0.1) is 0 Å². The van der Waals surface area contributed by atoms with Crippen LogP contribution in [0.4, 0.5) is 52.7 Å². The van der Waals surface area contributed by atoms with Crippen molar-refractivity contribution >= 4 is 0 Å². The molecule has 0 aliphatic rings. The summed E-state index contributed by atoms with van der Waals surface area (Å²) >= 11 is 0. The predicted molar refractivity (Wildman–Crippen MR) is 127 cm³/mol. The lowest BCUT2D eigenvalue weighted by atomic mass is 10.3. The molecule has 0 N–H and O–H groups in total. The first-order valence-corrected chi connectivity index (χ1v) is 6.16. The van der Waals surface area contributed by atoms with E-state index in [9.17, 15) is 52.7 Å². The van der Waals surface area contributed by atoms with Crippen LogP contribution in [0.2, 0.25) is 0 Å². The van der Waals surface area contributed by atoms with Gasteiger partial charge in [0.05, 0.1) is 14.4 Å². The highest BCUT2D eigenvalue weighted by molar-refractivity contribution is 4.75. The molecule has 0 bridgehead atoms. The SMILES string of the molecule is C.C.C.C.C.C.C.C.CF.CF.COCC(F)(F)CF.COCF.FCOC(F)(F)C(F)(F)CF. The molecule has 0 spiro atoms. The average Bonchev–Trinajstić information content (AvgIpc) is 2.65. The molecule has 236 valence electrons. The van der Waals surface area contributed by atoms with Gasteiger partial charge in [-0.1, -0.05) is 59.4 Å². The van der Waals surface area contributed by atoms with Crippen molar-refractivity contribution in [1.82, 2.24) is 0 Å². The topological polar surface area (TPSA) is 27.7 Å². The monoisotopic (exact) mass is 570 g/mol. The third kappa shape index (κ3) is 60.0. The summed E-state index contributed by atoms with van der Waals surface area (Å²) in [4.78, 5) is 0. The van der Waals surface area contributed by atoms with Crippen molar-refractivity contribution in [3.63, 3.8) is 0 Å². The van der Waals surface area contributed by atoms with Crippen molar-refractivity contribution in [2.45, 2.75) is 77.4 Å². The third-order valence-corrected chi connectivity index (χ3v) is 1.49. The summed E-state index contributed by atoms with van der Waals surface area (Å²) < 4.78 is 144. The molecule has 35 heavy (non-hydrogen) atoms. The van der Waals surface area contributed by atoms with Gasteiger partial charge in [0.1, 0.15) is 6.61 Å². The lowest BCUT2D eigenvalue weighted by Crippen LogP contribution is -2.44. The van der Waals surface area contributed by atoms with Gasteiger partial charge in [-0.3, -0.25) is 13.5 Å². The van der Waals surface area contributed by atoms with Crippen LogP contribution in [-0.2, 0) is 14.2 Å². The molecule has 0 aliphatic carbocycles. The summed E-state index contributed by atoms with van der Waals surface area (Å²) in [5.74, 6) is -8.27. The van der Waals surface area contributed by atoms with Gasteiger partial charge >= 0.3 is 12.0 Å². The van der Waals surface area contributed by atoms with Crippen LogP contribution >= 0.6 is 0 Å². The first-order chi connectivity index (χ1) is 12.4. The molecule has 0 amide bonds. The number of methoxy groups -OCH3 is 2. The van der Waals surface area contributed by atoms with Crippen LogP contribution in [0.1, 0.15) is 59.4 Å². The first kappa shape index (κ1) is 83.9. The molecule has 0 radical (unpaired) electrons. The Kier molecular flexibility index (Phi) is 130. The molecule has 0 aromatic rings. The number of rotatable bonds is 8. The zero-order chi connectivity index (χ0) is 23.2. The molecule has 3 nitrogen and oxygen atoms in total. The second kappa shape index (κ2) is 54.1. The van der Waals surface area contributed by atoms with Crippen LogP contribution in [0.25, 0.3) is 0 Å². The maximum Gasteiger partial charge on any atom is 0.424 e. The van der Waals surface area contributed by atoms with E-state index >= 15 is 0 Å². The molecular weight excluding hydrogens is 516 g/mol. The van der Waals surface area contributed by atoms with Crippen molar-refractivity contribution < 1.29 is 66.9 Å². The summed E-state index contributed by atoms with van der Waals surface area (Å²) in [6.07, 6.45) is -5.09. The predicted octanol–water partition coefficient (Wildman–Crippen LogP) is 10.2. The van der Waals surface area contributed by atoms with Gasteiger partial charge < -0.3 is 9.47 Å². The highest BCUT2D eigenvalue weighted by Gasteiger charge is 2.58. The van der Waals surface area contributed by atoms with Gasteiger partial charge in [0.25, 0.3) is 5.92 Å². The Balaban J connectivity index is -0.0000000167. The van der Waals surface area contributed by atoms with E-state index in [2.05, 4.69) is 14.2 Å². The summed E-state index contributed by atoms with van der Waals surface area (Å²) in [6, 6.07) is 0. The minimum absolute atomic E-state index is 0. The Morgan fingerprint density at radius 3 is 0.914 bits per heavy atom. The molecule has 0 aromatic carbocycles. The van der Waals surface area contributed by atoms with E-state index in [1.807, 2.05) is 0 Å². The Morgan fingerprint density at radius 2 is 0.800 bits per heavy atom. The second-order valence-corrected chi connectivity index (χ2v) is 3.43. The van der Waals surface area contributed by atoms with Crippen molar-refractivity contribution in [3.05, 3.63) is 0 Å². The third-order valence-electron chi connectivity index (χ3n) is 1.49. The number of hydrogen-bond donors (Lipinski definition) is 0. The molecule has 0 aromatic heterocycles. The van der Waals surface area contributed by atoms with Crippen molar-refractivity contribution in [1.29, 1.82) is 0 Å².